The van der Waals surface area contributed by atoms with Crippen LogP contribution in [0.4, 0.5) is 10.5 Å². The van der Waals surface area contributed by atoms with Crippen LogP contribution in [0, 0.1) is 13.8 Å². The molecule has 0 aliphatic heterocycles. The third kappa shape index (κ3) is 3.99. The molecule has 150 valence electrons. The molecule has 1 aliphatic rings. The van der Waals surface area contributed by atoms with Gasteiger partial charge < -0.3 is 10.6 Å². The van der Waals surface area contributed by atoms with Gasteiger partial charge in [-0.25, -0.2) is 4.79 Å². The Morgan fingerprint density at radius 1 is 1.03 bits per heavy atom. The van der Waals surface area contributed by atoms with Crippen LogP contribution in [0.3, 0.4) is 0 Å². The van der Waals surface area contributed by atoms with Gasteiger partial charge >= 0.3 is 6.03 Å². The van der Waals surface area contributed by atoms with Gasteiger partial charge in [0.2, 0.25) is 0 Å². The molecule has 29 heavy (non-hydrogen) atoms. The molecule has 0 spiro atoms. The fraction of sp³-hybridized carbons (Fsp3) is 0.364. The average molecular weight is 390 g/mol. The zero-order chi connectivity index (χ0) is 20.3. The van der Waals surface area contributed by atoms with Crippen molar-refractivity contribution in [1.82, 2.24) is 25.5 Å². The van der Waals surface area contributed by atoms with Gasteiger partial charge in [-0.05, 0) is 60.9 Å². The maximum absolute atomic E-state index is 12.8. The highest BCUT2D eigenvalue weighted by atomic mass is 16.2. The number of para-hydroxylation sites is 1. The molecular formula is C22H26N6O. The van der Waals surface area contributed by atoms with Crippen molar-refractivity contribution in [2.24, 2.45) is 0 Å². The molecule has 0 unspecified atom stereocenters. The number of aryl methyl sites for hydroxylation is 2. The molecule has 7 nitrogen and oxygen atoms in total. The Balaban J connectivity index is 1.67. The van der Waals surface area contributed by atoms with Gasteiger partial charge in [-0.2, -0.15) is 4.68 Å². The maximum Gasteiger partial charge on any atom is 0.320 e. The molecule has 2 amide bonds. The largest absolute Gasteiger partial charge is 0.325 e. The van der Waals surface area contributed by atoms with Crippen LogP contribution in [0.2, 0.25) is 0 Å². The number of rotatable bonds is 4. The molecule has 7 heteroatoms. The first-order chi connectivity index (χ1) is 14.1. The Labute approximate surface area is 170 Å². The highest BCUT2D eigenvalue weighted by molar-refractivity contribution is 5.89. The lowest BCUT2D eigenvalue weighted by Crippen LogP contribution is -2.50. The van der Waals surface area contributed by atoms with Gasteiger partial charge in [0.15, 0.2) is 5.82 Å². The molecule has 0 bridgehead atoms. The van der Waals surface area contributed by atoms with Crippen molar-refractivity contribution >= 4 is 11.7 Å². The second kappa shape index (κ2) is 8.03. The van der Waals surface area contributed by atoms with Gasteiger partial charge in [0.05, 0.1) is 5.69 Å². The molecule has 1 aliphatic carbocycles. The third-order valence-electron chi connectivity index (χ3n) is 5.57. The molecule has 2 N–H and O–H groups in total. The summed E-state index contributed by atoms with van der Waals surface area (Å²) in [6.07, 6.45) is 4.80. The number of nitrogens with one attached hydrogen (secondary N) is 2. The lowest BCUT2D eigenvalue weighted by Gasteiger charge is -2.36. The highest BCUT2D eigenvalue weighted by Gasteiger charge is 2.40. The summed E-state index contributed by atoms with van der Waals surface area (Å²) in [5.41, 5.74) is 3.38. The van der Waals surface area contributed by atoms with Crippen LogP contribution in [0.15, 0.2) is 48.5 Å². The zero-order valence-corrected chi connectivity index (χ0v) is 16.9. The summed E-state index contributed by atoms with van der Waals surface area (Å²) in [6.45, 7) is 4.12. The van der Waals surface area contributed by atoms with E-state index in [0.29, 0.717) is 5.82 Å². The molecule has 1 heterocycles. The van der Waals surface area contributed by atoms with E-state index >= 15 is 0 Å². The zero-order valence-electron chi connectivity index (χ0n) is 16.9. The summed E-state index contributed by atoms with van der Waals surface area (Å²) in [5.74, 6) is 0.687. The van der Waals surface area contributed by atoms with E-state index in [2.05, 4.69) is 52.1 Å². The van der Waals surface area contributed by atoms with Crippen LogP contribution in [-0.2, 0) is 5.54 Å². The molecule has 0 saturated heterocycles. The van der Waals surface area contributed by atoms with E-state index in [-0.39, 0.29) is 6.03 Å². The maximum atomic E-state index is 12.8. The standard InChI is InChI=1S/C22H26N6O/c1-16-11-12-19(17(2)15-16)28-20(25-26-27-28)22(13-7-4-8-14-22)24-21(29)23-18-9-5-3-6-10-18/h3,5-6,9-12,15H,4,7-8,13-14H2,1-2H3,(H2,23,24,29). The Kier molecular flexibility index (Phi) is 5.29. The number of hydrogen-bond donors (Lipinski definition) is 2. The Hall–Kier alpha value is -3.22. The SMILES string of the molecule is Cc1ccc(-n2nnnc2C2(NC(=O)Nc3ccccc3)CCCCC2)c(C)c1. The van der Waals surface area contributed by atoms with Gasteiger partial charge in [-0.3, -0.25) is 0 Å². The molecule has 1 saturated carbocycles. The van der Waals surface area contributed by atoms with Gasteiger partial charge in [0.1, 0.15) is 5.54 Å². The second-order valence-electron chi connectivity index (χ2n) is 7.79. The highest BCUT2D eigenvalue weighted by Crippen LogP contribution is 2.37. The fourth-order valence-corrected chi connectivity index (χ4v) is 4.15. The first-order valence-electron chi connectivity index (χ1n) is 10.1. The Morgan fingerprint density at radius 3 is 2.52 bits per heavy atom. The molecule has 3 aromatic rings. The molecule has 1 fully saturated rings. The number of urea groups is 1. The lowest BCUT2D eigenvalue weighted by atomic mass is 9.81. The fourth-order valence-electron chi connectivity index (χ4n) is 4.15. The van der Waals surface area contributed by atoms with Crippen LogP contribution in [0.25, 0.3) is 5.69 Å². The van der Waals surface area contributed by atoms with Crippen molar-refractivity contribution < 1.29 is 4.79 Å². The van der Waals surface area contributed by atoms with Gasteiger partial charge in [-0.15, -0.1) is 5.10 Å². The molecule has 0 radical (unpaired) electrons. The normalized spacial score (nSPS) is 15.7. The molecule has 2 aromatic carbocycles. The first kappa shape index (κ1) is 19.1. The van der Waals surface area contributed by atoms with E-state index in [4.69, 9.17) is 0 Å². The van der Waals surface area contributed by atoms with E-state index in [1.807, 2.05) is 36.4 Å². The summed E-state index contributed by atoms with van der Waals surface area (Å²) in [6, 6.07) is 15.4. The number of benzene rings is 2. The number of anilines is 1. The van der Waals surface area contributed by atoms with E-state index in [1.54, 1.807) is 4.68 Å². The Bertz CT molecular complexity index is 992. The Morgan fingerprint density at radius 2 is 1.79 bits per heavy atom. The second-order valence-corrected chi connectivity index (χ2v) is 7.79. The van der Waals surface area contributed by atoms with Crippen molar-refractivity contribution in [2.45, 2.75) is 51.5 Å². The van der Waals surface area contributed by atoms with Crippen molar-refractivity contribution in [2.75, 3.05) is 5.32 Å². The van der Waals surface area contributed by atoms with E-state index in [0.717, 1.165) is 49.0 Å². The molecule has 0 atom stereocenters. The number of carbonyl (C=O) groups is 1. The van der Waals surface area contributed by atoms with Crippen molar-refractivity contribution in [1.29, 1.82) is 0 Å². The van der Waals surface area contributed by atoms with Gasteiger partial charge in [-0.1, -0.05) is 55.2 Å². The van der Waals surface area contributed by atoms with E-state index in [9.17, 15) is 4.79 Å². The third-order valence-corrected chi connectivity index (χ3v) is 5.57. The van der Waals surface area contributed by atoms with Crippen LogP contribution < -0.4 is 10.6 Å². The topological polar surface area (TPSA) is 84.7 Å². The van der Waals surface area contributed by atoms with Crippen molar-refractivity contribution in [3.05, 3.63) is 65.5 Å². The summed E-state index contributed by atoms with van der Waals surface area (Å²) in [5, 5.41) is 18.7. The summed E-state index contributed by atoms with van der Waals surface area (Å²) in [7, 11) is 0. The first-order valence-corrected chi connectivity index (χ1v) is 10.1. The molecule has 4 rings (SSSR count). The lowest BCUT2D eigenvalue weighted by molar-refractivity contribution is 0.204. The van der Waals surface area contributed by atoms with Crippen LogP contribution in [-0.4, -0.2) is 26.2 Å². The van der Waals surface area contributed by atoms with Crippen molar-refractivity contribution in [3.63, 3.8) is 0 Å². The average Bonchev–Trinajstić information content (AvgIpc) is 3.19. The smallest absolute Gasteiger partial charge is 0.320 e. The van der Waals surface area contributed by atoms with E-state index < -0.39 is 5.54 Å². The molecule has 1 aromatic heterocycles. The number of carbonyl (C=O) groups excluding carboxylic acids is 1. The minimum atomic E-state index is -0.599. The number of amides is 2. The number of tetrazole rings is 1. The van der Waals surface area contributed by atoms with E-state index in [1.165, 1.54) is 5.56 Å². The summed E-state index contributed by atoms with van der Waals surface area (Å²) < 4.78 is 1.78. The summed E-state index contributed by atoms with van der Waals surface area (Å²) >= 11 is 0. The van der Waals surface area contributed by atoms with Crippen molar-refractivity contribution in [3.8, 4) is 5.69 Å². The number of aromatic nitrogens is 4. The predicted octanol–water partition coefficient (Wildman–Crippen LogP) is 4.26. The van der Waals surface area contributed by atoms with Gasteiger partial charge in [0, 0.05) is 5.69 Å². The predicted molar refractivity (Wildman–Crippen MR) is 112 cm³/mol. The van der Waals surface area contributed by atoms with Crippen LogP contribution >= 0.6 is 0 Å². The van der Waals surface area contributed by atoms with Gasteiger partial charge in [0.25, 0.3) is 0 Å². The minimum absolute atomic E-state index is 0.242. The number of hydrogen-bond acceptors (Lipinski definition) is 4. The van der Waals surface area contributed by atoms with Crippen LogP contribution in [0.1, 0.15) is 49.1 Å². The molecular weight excluding hydrogens is 364 g/mol. The minimum Gasteiger partial charge on any atom is -0.325 e. The summed E-state index contributed by atoms with van der Waals surface area (Å²) in [4.78, 5) is 12.8. The number of nitrogens with zero attached hydrogens (tertiary/aromatic N) is 4. The van der Waals surface area contributed by atoms with Crippen LogP contribution in [0.5, 0.6) is 0 Å². The quantitative estimate of drug-likeness (QED) is 0.697. The monoisotopic (exact) mass is 390 g/mol.